The van der Waals surface area contributed by atoms with Crippen molar-refractivity contribution in [1.82, 2.24) is 0 Å². The Morgan fingerprint density at radius 2 is 2.57 bits per heavy atom. The third-order valence-corrected chi connectivity index (χ3v) is 1.58. The number of esters is 1. The second-order valence-electron chi connectivity index (χ2n) is 2.61. The number of rotatable bonds is 4. The third kappa shape index (κ3) is 3.30. The lowest BCUT2D eigenvalue weighted by atomic mass is 10.4. The summed E-state index contributed by atoms with van der Waals surface area (Å²) in [5.74, 6) is 0.0589. The number of furan rings is 1. The monoisotopic (exact) mass is 197 g/mol. The smallest absolute Gasteiger partial charge is 0.311 e. The van der Waals surface area contributed by atoms with Crippen molar-refractivity contribution in [2.24, 2.45) is 0 Å². The molecule has 0 radical (unpaired) electrons. The van der Waals surface area contributed by atoms with Crippen molar-refractivity contribution >= 4 is 12.2 Å². The molecular weight excluding hydrogens is 186 g/mol. The van der Waals surface area contributed by atoms with Crippen molar-refractivity contribution in [1.29, 1.82) is 0 Å². The summed E-state index contributed by atoms with van der Waals surface area (Å²) in [6.07, 6.45) is 2.82. The highest BCUT2D eigenvalue weighted by atomic mass is 16.5. The molecule has 0 aliphatic carbocycles. The maximum atomic E-state index is 11.1. The van der Waals surface area contributed by atoms with E-state index in [0.29, 0.717) is 10.5 Å². The van der Waals surface area contributed by atoms with Gasteiger partial charge in [-0.3, -0.25) is 4.79 Å². The Bertz CT molecular complexity index is 316. The Labute approximate surface area is 81.2 Å². The van der Waals surface area contributed by atoms with E-state index in [1.54, 1.807) is 12.1 Å². The molecule has 0 N–H and O–H groups in total. The van der Waals surface area contributed by atoms with Crippen molar-refractivity contribution < 1.29 is 18.7 Å². The number of carbonyl (C=O) groups excluding carboxylic acids is 1. The lowest BCUT2D eigenvalue weighted by Crippen LogP contribution is -2.12. The fourth-order valence-electron chi connectivity index (χ4n) is 0.875. The van der Waals surface area contributed by atoms with Crippen LogP contribution in [0.15, 0.2) is 22.8 Å². The topological polar surface area (TPSA) is 65.5 Å². The lowest BCUT2D eigenvalue weighted by Gasteiger charge is -2.01. The first-order valence-corrected chi connectivity index (χ1v) is 4.11. The van der Waals surface area contributed by atoms with Crippen molar-refractivity contribution in [3.63, 3.8) is 0 Å². The average molecular weight is 197 g/mol. The van der Waals surface area contributed by atoms with Crippen LogP contribution in [0.25, 0.3) is 0 Å². The molecule has 0 saturated carbocycles. The maximum absolute atomic E-state index is 11.1. The van der Waals surface area contributed by atoms with Crippen molar-refractivity contribution in [2.75, 3.05) is 13.7 Å². The summed E-state index contributed by atoms with van der Waals surface area (Å²) in [6.45, 7) is 0.0629. The normalized spacial score (nSPS) is 11.4. The molecule has 0 saturated heterocycles. The number of ether oxygens (including phenoxy) is 1. The van der Waals surface area contributed by atoms with Crippen LogP contribution in [-0.4, -0.2) is 30.6 Å². The van der Waals surface area contributed by atoms with Gasteiger partial charge in [0.2, 0.25) is 6.21 Å². The number of methoxy groups -OCH3 is 1. The van der Waals surface area contributed by atoms with Gasteiger partial charge in [0.15, 0.2) is 12.3 Å². The van der Waals surface area contributed by atoms with E-state index >= 15 is 0 Å². The first-order chi connectivity index (χ1) is 6.72. The van der Waals surface area contributed by atoms with E-state index in [1.165, 1.54) is 19.6 Å². The van der Waals surface area contributed by atoms with Crippen molar-refractivity contribution in [3.05, 3.63) is 29.4 Å². The van der Waals surface area contributed by atoms with E-state index in [0.717, 1.165) is 0 Å². The van der Waals surface area contributed by atoms with Gasteiger partial charge in [-0.2, -0.15) is 0 Å². The molecule has 0 bridgehead atoms. The third-order valence-electron chi connectivity index (χ3n) is 1.58. The molecule has 14 heavy (non-hydrogen) atoms. The number of hydrogen-bond donors (Lipinski definition) is 0. The van der Waals surface area contributed by atoms with Gasteiger partial charge in [-0.05, 0) is 12.1 Å². The van der Waals surface area contributed by atoms with Gasteiger partial charge in [-0.25, -0.2) is 4.74 Å². The summed E-state index contributed by atoms with van der Waals surface area (Å²) in [5.41, 5.74) is 0. The van der Waals surface area contributed by atoms with E-state index in [1.807, 2.05) is 0 Å². The molecule has 0 spiro atoms. The Morgan fingerprint density at radius 1 is 1.79 bits per heavy atom. The molecule has 0 aliphatic heterocycles. The second-order valence-corrected chi connectivity index (χ2v) is 2.61. The molecule has 5 nitrogen and oxygen atoms in total. The molecule has 1 aromatic rings. The minimum absolute atomic E-state index is 0.0629. The maximum Gasteiger partial charge on any atom is 0.311 e. The highest BCUT2D eigenvalue weighted by molar-refractivity contribution is 5.72. The Morgan fingerprint density at radius 3 is 3.14 bits per heavy atom. The van der Waals surface area contributed by atoms with Crippen LogP contribution < -0.4 is 0 Å². The quantitative estimate of drug-likeness (QED) is 0.235. The van der Waals surface area contributed by atoms with Crippen LogP contribution in [0.4, 0.5) is 0 Å². The SMILES string of the molecule is COC(=O)CC/[N+]([O-])=C\c1ccco1. The van der Waals surface area contributed by atoms with Gasteiger partial charge in [-0.1, -0.05) is 0 Å². The minimum atomic E-state index is -0.404. The van der Waals surface area contributed by atoms with E-state index in [4.69, 9.17) is 4.42 Å². The molecule has 0 unspecified atom stereocenters. The van der Waals surface area contributed by atoms with Gasteiger partial charge in [0.1, 0.15) is 6.42 Å². The fraction of sp³-hybridized carbons (Fsp3) is 0.333. The zero-order chi connectivity index (χ0) is 10.4. The zero-order valence-corrected chi connectivity index (χ0v) is 7.80. The molecule has 0 aliphatic rings. The summed E-state index contributed by atoms with van der Waals surface area (Å²) in [4.78, 5) is 10.7. The molecule has 1 rings (SSSR count). The van der Waals surface area contributed by atoms with E-state index < -0.39 is 5.97 Å². The molecule has 76 valence electrons. The van der Waals surface area contributed by atoms with Crippen LogP contribution in [0.3, 0.4) is 0 Å². The number of nitrogens with zero attached hydrogens (tertiary/aromatic N) is 1. The van der Waals surface area contributed by atoms with Gasteiger partial charge in [0.25, 0.3) is 0 Å². The van der Waals surface area contributed by atoms with E-state index in [-0.39, 0.29) is 13.0 Å². The first kappa shape index (κ1) is 10.3. The molecule has 1 heterocycles. The van der Waals surface area contributed by atoms with Crippen molar-refractivity contribution in [2.45, 2.75) is 6.42 Å². The Balaban J connectivity index is 2.42. The highest BCUT2D eigenvalue weighted by Crippen LogP contribution is 1.95. The summed E-state index contributed by atoms with van der Waals surface area (Å²) >= 11 is 0. The van der Waals surface area contributed by atoms with Gasteiger partial charge < -0.3 is 14.4 Å². The largest absolute Gasteiger partial charge is 0.624 e. The Hall–Kier alpha value is -1.78. The number of hydroxylamine groups is 1. The second kappa shape index (κ2) is 5.06. The standard InChI is InChI=1S/C9H11NO4/c1-13-9(11)4-5-10(12)7-8-3-2-6-14-8/h2-3,6-7H,4-5H2,1H3/b10-7+. The molecule has 0 aromatic carbocycles. The predicted octanol–water partition coefficient (Wildman–Crippen LogP) is 0.772. The van der Waals surface area contributed by atoms with Crippen LogP contribution in [-0.2, 0) is 9.53 Å². The molecule has 1 aromatic heterocycles. The number of hydrogen-bond acceptors (Lipinski definition) is 4. The van der Waals surface area contributed by atoms with Gasteiger partial charge in [0.05, 0.1) is 13.4 Å². The number of carbonyl (C=O) groups is 1. The van der Waals surface area contributed by atoms with Crippen LogP contribution in [0.2, 0.25) is 0 Å². The fourth-order valence-corrected chi connectivity index (χ4v) is 0.875. The van der Waals surface area contributed by atoms with Gasteiger partial charge in [-0.15, -0.1) is 0 Å². The van der Waals surface area contributed by atoms with E-state index in [2.05, 4.69) is 4.74 Å². The average Bonchev–Trinajstić information content (AvgIpc) is 2.66. The molecule has 0 atom stereocenters. The first-order valence-electron chi connectivity index (χ1n) is 4.11. The minimum Gasteiger partial charge on any atom is -0.624 e. The van der Waals surface area contributed by atoms with Crippen LogP contribution >= 0.6 is 0 Å². The van der Waals surface area contributed by atoms with Gasteiger partial charge in [0, 0.05) is 0 Å². The van der Waals surface area contributed by atoms with Crippen LogP contribution in [0.1, 0.15) is 12.2 Å². The molecule has 5 heteroatoms. The summed E-state index contributed by atoms with van der Waals surface area (Å²) in [6, 6.07) is 3.34. The molecule has 0 fully saturated rings. The van der Waals surface area contributed by atoms with Crippen LogP contribution in [0.5, 0.6) is 0 Å². The molecule has 0 amide bonds. The lowest BCUT2D eigenvalue weighted by molar-refractivity contribution is -0.451. The van der Waals surface area contributed by atoms with E-state index in [9.17, 15) is 10.0 Å². The Kier molecular flexibility index (Phi) is 3.72. The predicted molar refractivity (Wildman–Crippen MR) is 49.0 cm³/mol. The molecular formula is C9H11NO4. The highest BCUT2D eigenvalue weighted by Gasteiger charge is 2.04. The zero-order valence-electron chi connectivity index (χ0n) is 7.80. The van der Waals surface area contributed by atoms with Crippen LogP contribution in [0, 0.1) is 5.21 Å². The van der Waals surface area contributed by atoms with Gasteiger partial charge >= 0.3 is 5.97 Å². The summed E-state index contributed by atoms with van der Waals surface area (Å²) < 4.78 is 9.95. The van der Waals surface area contributed by atoms with Crippen molar-refractivity contribution in [3.8, 4) is 0 Å². The summed E-state index contributed by atoms with van der Waals surface area (Å²) in [5, 5.41) is 11.1. The summed E-state index contributed by atoms with van der Waals surface area (Å²) in [7, 11) is 1.29.